The van der Waals surface area contributed by atoms with Crippen molar-refractivity contribution in [3.63, 3.8) is 0 Å². The number of ether oxygens (including phenoxy) is 1. The van der Waals surface area contributed by atoms with Crippen molar-refractivity contribution >= 4 is 31.6 Å². The molecule has 0 fully saturated rings. The lowest BCUT2D eigenvalue weighted by molar-refractivity contribution is 0.340. The van der Waals surface area contributed by atoms with Crippen LogP contribution < -0.4 is 9.46 Å². The molecule has 1 aromatic carbocycles. The molecule has 0 saturated carbocycles. The molecule has 0 unspecified atom stereocenters. The van der Waals surface area contributed by atoms with E-state index in [-0.39, 0.29) is 22.9 Å². The highest BCUT2D eigenvalue weighted by Gasteiger charge is 2.17. The van der Waals surface area contributed by atoms with E-state index in [9.17, 15) is 12.8 Å². The first kappa shape index (κ1) is 15.7. The van der Waals surface area contributed by atoms with Gasteiger partial charge in [0.1, 0.15) is 16.5 Å². The van der Waals surface area contributed by atoms with Crippen LogP contribution in [0, 0.1) is 5.82 Å². The van der Waals surface area contributed by atoms with Crippen LogP contribution in [0.4, 0.5) is 10.1 Å². The Bertz CT molecular complexity index is 753. The van der Waals surface area contributed by atoms with Crippen LogP contribution in [0.25, 0.3) is 0 Å². The summed E-state index contributed by atoms with van der Waals surface area (Å²) in [6.07, 6.45) is 2.69. The molecule has 0 bridgehead atoms. The number of nitrogens with zero attached hydrogens (tertiary/aromatic N) is 1. The third kappa shape index (κ3) is 3.92. The lowest BCUT2D eigenvalue weighted by Gasteiger charge is -2.13. The van der Waals surface area contributed by atoms with E-state index >= 15 is 0 Å². The van der Waals surface area contributed by atoms with Crippen LogP contribution in [-0.4, -0.2) is 20.0 Å². The summed E-state index contributed by atoms with van der Waals surface area (Å²) in [6, 6.07) is 5.00. The second-order valence-electron chi connectivity index (χ2n) is 4.02. The molecule has 0 aliphatic heterocycles. The summed E-state index contributed by atoms with van der Waals surface area (Å²) in [5, 5.41) is 0. The van der Waals surface area contributed by atoms with Crippen LogP contribution in [0.5, 0.6) is 5.75 Å². The molecule has 1 aromatic heterocycles. The lowest BCUT2D eigenvalue weighted by Crippen LogP contribution is -2.14. The number of nitrogens with one attached hydrogen (secondary N) is 1. The summed E-state index contributed by atoms with van der Waals surface area (Å²) in [7, 11) is -3.83. The maximum atomic E-state index is 13.2. The van der Waals surface area contributed by atoms with E-state index in [0.717, 1.165) is 12.1 Å². The van der Waals surface area contributed by atoms with Crippen LogP contribution in [0.1, 0.15) is 6.92 Å². The fraction of sp³-hybridized carbons (Fsp3) is 0.154. The van der Waals surface area contributed by atoms with E-state index in [1.54, 1.807) is 6.92 Å². The van der Waals surface area contributed by atoms with Gasteiger partial charge in [-0.3, -0.25) is 9.71 Å². The molecule has 0 saturated heterocycles. The van der Waals surface area contributed by atoms with Gasteiger partial charge in [-0.1, -0.05) is 0 Å². The van der Waals surface area contributed by atoms with Gasteiger partial charge in [0.15, 0.2) is 0 Å². The molecule has 21 heavy (non-hydrogen) atoms. The van der Waals surface area contributed by atoms with Crippen molar-refractivity contribution in [2.45, 2.75) is 11.8 Å². The molecule has 1 heterocycles. The molecule has 112 valence electrons. The Morgan fingerprint density at radius 1 is 1.33 bits per heavy atom. The first-order valence-electron chi connectivity index (χ1n) is 5.98. The van der Waals surface area contributed by atoms with Crippen molar-refractivity contribution in [2.75, 3.05) is 11.3 Å². The molecular weight excluding hydrogens is 363 g/mol. The molecule has 5 nitrogen and oxygen atoms in total. The standard InChI is InChI=1S/C13H12BrFN2O3S/c1-2-20-13-6-10(15)3-4-12(13)17-21(18,19)11-5-9(14)7-16-8-11/h3-8,17H,2H2,1H3. The predicted molar refractivity (Wildman–Crippen MR) is 80.3 cm³/mol. The largest absolute Gasteiger partial charge is 0.492 e. The van der Waals surface area contributed by atoms with Gasteiger partial charge in [-0.05, 0) is 41.1 Å². The van der Waals surface area contributed by atoms with E-state index in [4.69, 9.17) is 4.74 Å². The third-order valence-electron chi connectivity index (χ3n) is 2.48. The number of benzene rings is 1. The van der Waals surface area contributed by atoms with Gasteiger partial charge in [-0.2, -0.15) is 0 Å². The van der Waals surface area contributed by atoms with Crippen molar-refractivity contribution < 1.29 is 17.5 Å². The highest BCUT2D eigenvalue weighted by molar-refractivity contribution is 9.10. The van der Waals surface area contributed by atoms with Gasteiger partial charge in [0.25, 0.3) is 10.0 Å². The summed E-state index contributed by atoms with van der Waals surface area (Å²) >= 11 is 3.16. The van der Waals surface area contributed by atoms with E-state index in [1.165, 1.54) is 24.5 Å². The highest BCUT2D eigenvalue weighted by Crippen LogP contribution is 2.28. The molecule has 2 rings (SSSR count). The van der Waals surface area contributed by atoms with Gasteiger partial charge >= 0.3 is 0 Å². The van der Waals surface area contributed by atoms with Crippen LogP contribution in [0.3, 0.4) is 0 Å². The fourth-order valence-corrected chi connectivity index (χ4v) is 3.17. The third-order valence-corrected chi connectivity index (χ3v) is 4.24. The second kappa shape index (κ2) is 6.40. The normalized spacial score (nSPS) is 11.2. The average molecular weight is 375 g/mol. The van der Waals surface area contributed by atoms with Gasteiger partial charge in [-0.15, -0.1) is 0 Å². The topological polar surface area (TPSA) is 68.3 Å². The van der Waals surface area contributed by atoms with Crippen molar-refractivity contribution in [2.24, 2.45) is 0 Å². The number of anilines is 1. The summed E-state index contributed by atoms with van der Waals surface area (Å²) in [5.74, 6) is -0.380. The zero-order valence-electron chi connectivity index (χ0n) is 11.0. The molecule has 2 aromatic rings. The zero-order chi connectivity index (χ0) is 15.5. The SMILES string of the molecule is CCOc1cc(F)ccc1NS(=O)(=O)c1cncc(Br)c1. The molecular formula is C13H12BrFN2O3S. The monoisotopic (exact) mass is 374 g/mol. The van der Waals surface area contributed by atoms with Crippen LogP contribution >= 0.6 is 15.9 Å². The van der Waals surface area contributed by atoms with Gasteiger partial charge in [0, 0.05) is 22.9 Å². The maximum absolute atomic E-state index is 13.2. The Morgan fingerprint density at radius 2 is 2.10 bits per heavy atom. The minimum Gasteiger partial charge on any atom is -0.492 e. The first-order valence-corrected chi connectivity index (χ1v) is 8.25. The fourth-order valence-electron chi connectivity index (χ4n) is 1.60. The molecule has 1 N–H and O–H groups in total. The number of aromatic nitrogens is 1. The average Bonchev–Trinajstić information content (AvgIpc) is 2.42. The number of sulfonamides is 1. The Kier molecular flexibility index (Phi) is 4.79. The number of pyridine rings is 1. The highest BCUT2D eigenvalue weighted by atomic mass is 79.9. The quantitative estimate of drug-likeness (QED) is 0.872. The maximum Gasteiger partial charge on any atom is 0.263 e. The molecule has 0 spiro atoms. The van der Waals surface area contributed by atoms with E-state index in [0.29, 0.717) is 4.47 Å². The minimum absolute atomic E-state index is 0.0105. The van der Waals surface area contributed by atoms with Gasteiger partial charge in [0.05, 0.1) is 12.3 Å². The van der Waals surface area contributed by atoms with Crippen LogP contribution in [-0.2, 0) is 10.0 Å². The summed E-state index contributed by atoms with van der Waals surface area (Å²) in [5.41, 5.74) is 0.165. The van der Waals surface area contributed by atoms with E-state index in [2.05, 4.69) is 25.6 Å². The van der Waals surface area contributed by atoms with Gasteiger partial charge in [0.2, 0.25) is 0 Å². The molecule has 0 amide bonds. The lowest BCUT2D eigenvalue weighted by atomic mass is 10.3. The predicted octanol–water partition coefficient (Wildman–Crippen LogP) is 3.18. The summed E-state index contributed by atoms with van der Waals surface area (Å²) in [4.78, 5) is 3.80. The molecule has 8 heteroatoms. The van der Waals surface area contributed by atoms with Gasteiger partial charge < -0.3 is 4.74 Å². The molecule has 0 atom stereocenters. The van der Waals surface area contributed by atoms with Crippen molar-refractivity contribution in [1.82, 2.24) is 4.98 Å². The first-order chi connectivity index (χ1) is 9.92. The van der Waals surface area contributed by atoms with Crippen LogP contribution in [0.2, 0.25) is 0 Å². The number of rotatable bonds is 5. The second-order valence-corrected chi connectivity index (χ2v) is 6.62. The Balaban J connectivity index is 2.37. The smallest absolute Gasteiger partial charge is 0.263 e. The zero-order valence-corrected chi connectivity index (χ0v) is 13.4. The van der Waals surface area contributed by atoms with Gasteiger partial charge in [-0.25, -0.2) is 12.8 Å². The van der Waals surface area contributed by atoms with Crippen molar-refractivity contribution in [1.29, 1.82) is 0 Å². The van der Waals surface area contributed by atoms with Crippen LogP contribution in [0.15, 0.2) is 46.0 Å². The molecule has 0 aliphatic carbocycles. The van der Waals surface area contributed by atoms with E-state index in [1.807, 2.05) is 0 Å². The summed E-state index contributed by atoms with van der Waals surface area (Å²) in [6.45, 7) is 2.01. The number of halogens is 2. The summed E-state index contributed by atoms with van der Waals surface area (Å²) < 4.78 is 45.9. The van der Waals surface area contributed by atoms with Crippen molar-refractivity contribution in [3.8, 4) is 5.75 Å². The number of hydrogen-bond donors (Lipinski definition) is 1. The molecule has 0 aliphatic rings. The molecule has 0 radical (unpaired) electrons. The Labute approximate surface area is 130 Å². The van der Waals surface area contributed by atoms with E-state index < -0.39 is 15.8 Å². The van der Waals surface area contributed by atoms with Crippen molar-refractivity contribution in [3.05, 3.63) is 46.9 Å². The number of hydrogen-bond acceptors (Lipinski definition) is 4. The Hall–Kier alpha value is -1.67. The minimum atomic E-state index is -3.83. The Morgan fingerprint density at radius 3 is 2.76 bits per heavy atom.